The van der Waals surface area contributed by atoms with Crippen molar-refractivity contribution in [3.8, 4) is 0 Å². The molecule has 8 nitrogen and oxygen atoms in total. The van der Waals surface area contributed by atoms with E-state index in [1.165, 1.54) is 11.3 Å². The Kier molecular flexibility index (Phi) is 8.51. The molecule has 1 fully saturated rings. The molecule has 0 aliphatic carbocycles. The van der Waals surface area contributed by atoms with Crippen LogP contribution in [0.3, 0.4) is 0 Å². The summed E-state index contributed by atoms with van der Waals surface area (Å²) in [6, 6.07) is 6.41. The van der Waals surface area contributed by atoms with Gasteiger partial charge in [-0.15, -0.1) is 24.0 Å². The van der Waals surface area contributed by atoms with Gasteiger partial charge < -0.3 is 20.0 Å². The number of anilines is 2. The fraction of sp³-hybridized carbons (Fsp3) is 0.476. The van der Waals surface area contributed by atoms with Gasteiger partial charge in [0, 0.05) is 52.7 Å². The summed E-state index contributed by atoms with van der Waals surface area (Å²) in [5.74, 6) is 0.830. The van der Waals surface area contributed by atoms with Gasteiger partial charge in [0.2, 0.25) is 5.91 Å². The lowest BCUT2D eigenvalue weighted by Crippen LogP contribution is -2.55. The van der Waals surface area contributed by atoms with Crippen molar-refractivity contribution in [3.63, 3.8) is 0 Å². The zero-order chi connectivity index (χ0) is 21.0. The molecule has 1 saturated heterocycles. The highest BCUT2D eigenvalue weighted by atomic mass is 127. The molecule has 1 amide bonds. The minimum atomic E-state index is 0. The molecule has 164 valence electrons. The number of halogens is 1. The van der Waals surface area contributed by atoms with Gasteiger partial charge in [-0.05, 0) is 31.0 Å². The molecule has 1 aromatic carbocycles. The highest BCUT2D eigenvalue weighted by Gasteiger charge is 2.27. The first-order valence-electron chi connectivity index (χ1n) is 9.98. The van der Waals surface area contributed by atoms with Gasteiger partial charge in [0.25, 0.3) is 0 Å². The number of aryl methyl sites for hydroxylation is 2. The van der Waals surface area contributed by atoms with Gasteiger partial charge in [0.15, 0.2) is 5.96 Å². The van der Waals surface area contributed by atoms with Crippen LogP contribution in [-0.2, 0) is 18.4 Å². The first-order chi connectivity index (χ1) is 13.9. The van der Waals surface area contributed by atoms with Crippen molar-refractivity contribution in [2.45, 2.75) is 20.4 Å². The smallest absolute Gasteiger partial charge is 0.246 e. The van der Waals surface area contributed by atoms with E-state index in [9.17, 15) is 4.79 Å². The lowest BCUT2D eigenvalue weighted by molar-refractivity contribution is -0.120. The summed E-state index contributed by atoms with van der Waals surface area (Å²) < 4.78 is 1.71. The minimum absolute atomic E-state index is 0. The number of carbonyl (C=O) groups is 1. The Morgan fingerprint density at radius 1 is 1.30 bits per heavy atom. The maximum absolute atomic E-state index is 12.7. The van der Waals surface area contributed by atoms with E-state index in [4.69, 9.17) is 4.99 Å². The summed E-state index contributed by atoms with van der Waals surface area (Å²) in [7, 11) is 5.94. The largest absolute Gasteiger partial charge is 0.377 e. The summed E-state index contributed by atoms with van der Waals surface area (Å²) >= 11 is 0. The number of piperazine rings is 1. The van der Waals surface area contributed by atoms with Crippen LogP contribution in [0.1, 0.15) is 18.1 Å². The standard InChI is InChI=1S/C21H31N7O.HI/c1-6-22-21(23-12-17-8-7-16(2)11-19(17)25(3)4)27-9-10-28(20(29)15-27)18-13-24-26(5)14-18;/h7-8,11,13-14H,6,9-10,12,15H2,1-5H3,(H,22,23);1H. The number of nitrogens with zero attached hydrogens (tertiary/aromatic N) is 6. The van der Waals surface area contributed by atoms with Crippen LogP contribution in [0.4, 0.5) is 11.4 Å². The second kappa shape index (κ2) is 10.6. The van der Waals surface area contributed by atoms with E-state index >= 15 is 0 Å². The number of rotatable bonds is 5. The molecule has 30 heavy (non-hydrogen) atoms. The van der Waals surface area contributed by atoms with Gasteiger partial charge >= 0.3 is 0 Å². The van der Waals surface area contributed by atoms with E-state index in [2.05, 4.69) is 40.4 Å². The Hall–Kier alpha value is -2.30. The van der Waals surface area contributed by atoms with Crippen LogP contribution in [0.25, 0.3) is 0 Å². The lowest BCUT2D eigenvalue weighted by Gasteiger charge is -2.35. The van der Waals surface area contributed by atoms with Crippen molar-refractivity contribution in [2.75, 3.05) is 50.1 Å². The van der Waals surface area contributed by atoms with Crippen molar-refractivity contribution in [1.82, 2.24) is 20.0 Å². The van der Waals surface area contributed by atoms with Crippen molar-refractivity contribution in [2.24, 2.45) is 12.0 Å². The Balaban J connectivity index is 0.00000320. The molecule has 0 bridgehead atoms. The highest BCUT2D eigenvalue weighted by molar-refractivity contribution is 14.0. The van der Waals surface area contributed by atoms with E-state index in [0.717, 1.165) is 30.3 Å². The molecule has 0 atom stereocenters. The lowest BCUT2D eigenvalue weighted by atomic mass is 10.1. The Bertz CT molecular complexity index is 893. The van der Waals surface area contributed by atoms with E-state index in [0.29, 0.717) is 19.6 Å². The second-order valence-corrected chi connectivity index (χ2v) is 7.54. The molecule has 1 N–H and O–H groups in total. The monoisotopic (exact) mass is 525 g/mol. The first kappa shape index (κ1) is 24.0. The zero-order valence-electron chi connectivity index (χ0n) is 18.4. The topological polar surface area (TPSA) is 69.0 Å². The molecule has 1 aliphatic heterocycles. The van der Waals surface area contributed by atoms with Crippen LogP contribution >= 0.6 is 24.0 Å². The molecule has 1 aliphatic rings. The number of hydrogen-bond donors (Lipinski definition) is 1. The van der Waals surface area contributed by atoms with Crippen LogP contribution < -0.4 is 15.1 Å². The summed E-state index contributed by atoms with van der Waals surface area (Å²) in [6.07, 6.45) is 3.60. The molecule has 3 rings (SSSR count). The highest BCUT2D eigenvalue weighted by Crippen LogP contribution is 2.21. The van der Waals surface area contributed by atoms with Gasteiger partial charge in [0.05, 0.1) is 18.4 Å². The Morgan fingerprint density at radius 3 is 2.67 bits per heavy atom. The summed E-state index contributed by atoms with van der Waals surface area (Å²) in [5, 5.41) is 7.51. The number of hydrogen-bond acceptors (Lipinski definition) is 4. The van der Waals surface area contributed by atoms with Crippen LogP contribution in [0.15, 0.2) is 35.6 Å². The quantitative estimate of drug-likeness (QED) is 0.369. The molecular formula is C21H32IN7O. The minimum Gasteiger partial charge on any atom is -0.377 e. The van der Waals surface area contributed by atoms with Crippen LogP contribution in [0.2, 0.25) is 0 Å². The normalized spacial score (nSPS) is 14.6. The number of guanidine groups is 1. The number of aliphatic imine (C=N–C) groups is 1. The molecule has 2 heterocycles. The number of nitrogens with one attached hydrogen (secondary N) is 1. The third-order valence-electron chi connectivity index (χ3n) is 4.98. The van der Waals surface area contributed by atoms with E-state index in [-0.39, 0.29) is 29.9 Å². The molecule has 0 unspecified atom stereocenters. The molecule has 0 radical (unpaired) electrons. The Labute approximate surface area is 195 Å². The van der Waals surface area contributed by atoms with Gasteiger partial charge in [-0.1, -0.05) is 12.1 Å². The predicted molar refractivity (Wildman–Crippen MR) is 133 cm³/mol. The van der Waals surface area contributed by atoms with Crippen LogP contribution in [-0.4, -0.2) is 66.8 Å². The number of benzene rings is 1. The maximum atomic E-state index is 12.7. The summed E-state index contributed by atoms with van der Waals surface area (Å²) in [4.78, 5) is 23.5. The molecule has 1 aromatic heterocycles. The van der Waals surface area contributed by atoms with E-state index < -0.39 is 0 Å². The fourth-order valence-corrected chi connectivity index (χ4v) is 3.48. The predicted octanol–water partition coefficient (Wildman–Crippen LogP) is 2.23. The Morgan fingerprint density at radius 2 is 2.07 bits per heavy atom. The van der Waals surface area contributed by atoms with Crippen molar-refractivity contribution >= 4 is 47.2 Å². The first-order valence-corrected chi connectivity index (χ1v) is 9.98. The number of aromatic nitrogens is 2. The van der Waals surface area contributed by atoms with Gasteiger partial charge in [-0.3, -0.25) is 9.48 Å². The van der Waals surface area contributed by atoms with Gasteiger partial charge in [-0.2, -0.15) is 5.10 Å². The van der Waals surface area contributed by atoms with Crippen LogP contribution in [0.5, 0.6) is 0 Å². The van der Waals surface area contributed by atoms with E-state index in [1.54, 1.807) is 15.8 Å². The SMILES string of the molecule is CCNC(=NCc1ccc(C)cc1N(C)C)N1CCN(c2cnn(C)c2)C(=O)C1.I. The molecule has 2 aromatic rings. The van der Waals surface area contributed by atoms with E-state index in [1.807, 2.05) is 39.2 Å². The number of carbonyl (C=O) groups excluding carboxylic acids is 1. The zero-order valence-corrected chi connectivity index (χ0v) is 20.8. The molecular weight excluding hydrogens is 493 g/mol. The second-order valence-electron chi connectivity index (χ2n) is 7.54. The third kappa shape index (κ3) is 5.65. The molecule has 0 saturated carbocycles. The average molecular weight is 525 g/mol. The number of amides is 1. The van der Waals surface area contributed by atoms with Gasteiger partial charge in [-0.25, -0.2) is 4.99 Å². The third-order valence-corrected chi connectivity index (χ3v) is 4.98. The van der Waals surface area contributed by atoms with Crippen molar-refractivity contribution in [1.29, 1.82) is 0 Å². The van der Waals surface area contributed by atoms with Crippen molar-refractivity contribution < 1.29 is 4.79 Å². The van der Waals surface area contributed by atoms with Crippen LogP contribution in [0, 0.1) is 6.92 Å². The maximum Gasteiger partial charge on any atom is 0.246 e. The van der Waals surface area contributed by atoms with Gasteiger partial charge in [0.1, 0.15) is 6.54 Å². The average Bonchev–Trinajstić information content (AvgIpc) is 3.11. The fourth-order valence-electron chi connectivity index (χ4n) is 3.48. The summed E-state index contributed by atoms with van der Waals surface area (Å²) in [5.41, 5.74) is 4.40. The van der Waals surface area contributed by atoms with Crippen molar-refractivity contribution in [3.05, 3.63) is 41.7 Å². The molecule has 9 heteroatoms. The molecule has 0 spiro atoms. The summed E-state index contributed by atoms with van der Waals surface area (Å²) in [6.45, 7) is 7.09.